The molecule has 3 aromatic rings. The Morgan fingerprint density at radius 3 is 2.15 bits per heavy atom. The van der Waals surface area contributed by atoms with Crippen molar-refractivity contribution in [1.29, 1.82) is 0 Å². The molecule has 2 amide bonds. The zero-order valence-electron chi connectivity index (χ0n) is 19.8. The van der Waals surface area contributed by atoms with E-state index in [1.807, 2.05) is 58.0 Å². The minimum Gasteiger partial charge on any atom is -0.386 e. The number of nitrogens with one attached hydrogen (secondary N) is 2. The molecule has 3 rings (SSSR count). The molecule has 3 atom stereocenters. The number of carbonyl (C=O) groups excluding carboxylic acids is 2. The van der Waals surface area contributed by atoms with Crippen molar-refractivity contribution in [2.75, 3.05) is 0 Å². The fourth-order valence-corrected chi connectivity index (χ4v) is 4.22. The molecule has 6 nitrogen and oxygen atoms in total. The van der Waals surface area contributed by atoms with E-state index in [9.17, 15) is 19.5 Å². The number of aliphatic hydroxyl groups excluding tert-OH is 1. The number of hydrogen-bond acceptors (Lipinski definition) is 4. The highest BCUT2D eigenvalue weighted by Gasteiger charge is 2.37. The van der Waals surface area contributed by atoms with E-state index in [0.29, 0.717) is 22.6 Å². The van der Waals surface area contributed by atoms with E-state index in [0.717, 1.165) is 5.56 Å². The van der Waals surface area contributed by atoms with Crippen molar-refractivity contribution in [2.45, 2.75) is 52.3 Å². The van der Waals surface area contributed by atoms with Crippen LogP contribution in [0.3, 0.4) is 0 Å². The summed E-state index contributed by atoms with van der Waals surface area (Å²) in [7, 11) is 0. The van der Waals surface area contributed by atoms with E-state index in [-0.39, 0.29) is 22.8 Å². The first-order valence-corrected chi connectivity index (χ1v) is 11.9. The summed E-state index contributed by atoms with van der Waals surface area (Å²) >= 11 is 6.14. The van der Waals surface area contributed by atoms with Gasteiger partial charge in [0.1, 0.15) is 12.1 Å². The summed E-state index contributed by atoms with van der Waals surface area (Å²) in [5.41, 5.74) is 1.67. The van der Waals surface area contributed by atoms with E-state index in [4.69, 9.17) is 11.6 Å². The molecule has 0 saturated carbocycles. The van der Waals surface area contributed by atoms with Gasteiger partial charge in [-0.15, -0.1) is 0 Å². The van der Waals surface area contributed by atoms with Crippen LogP contribution in [0.15, 0.2) is 59.4 Å². The van der Waals surface area contributed by atoms with Crippen molar-refractivity contribution >= 4 is 23.4 Å². The summed E-state index contributed by atoms with van der Waals surface area (Å²) in [5.74, 6) is -0.890. The third-order valence-electron chi connectivity index (χ3n) is 5.85. The predicted octanol–water partition coefficient (Wildman–Crippen LogP) is 4.26. The minimum absolute atomic E-state index is 0.127. The van der Waals surface area contributed by atoms with Crippen LogP contribution < -0.4 is 16.1 Å². The van der Waals surface area contributed by atoms with Gasteiger partial charge in [0.25, 0.3) is 5.91 Å². The molecule has 7 heteroatoms. The van der Waals surface area contributed by atoms with Gasteiger partial charge in [-0.25, -0.2) is 0 Å². The fourth-order valence-electron chi connectivity index (χ4n) is 4.00. The largest absolute Gasteiger partial charge is 0.386 e. The van der Waals surface area contributed by atoms with Crippen LogP contribution in [0.4, 0.5) is 0 Å². The number of carbonyl (C=O) groups is 2. The van der Waals surface area contributed by atoms with Crippen molar-refractivity contribution in [3.05, 3.63) is 81.0 Å². The summed E-state index contributed by atoms with van der Waals surface area (Å²) in [4.78, 5) is 38.5. The Labute approximate surface area is 205 Å². The Morgan fingerprint density at radius 2 is 1.56 bits per heavy atom. The van der Waals surface area contributed by atoms with Gasteiger partial charge in [0.15, 0.2) is 5.43 Å². The number of benzene rings is 2. The van der Waals surface area contributed by atoms with Crippen molar-refractivity contribution in [3.8, 4) is 11.1 Å². The van der Waals surface area contributed by atoms with Crippen LogP contribution in [-0.4, -0.2) is 29.0 Å². The summed E-state index contributed by atoms with van der Waals surface area (Å²) in [6, 6.07) is 14.3. The summed E-state index contributed by atoms with van der Waals surface area (Å²) in [6.07, 6.45) is -0.745. The maximum Gasteiger partial charge on any atom is 0.253 e. The van der Waals surface area contributed by atoms with Crippen LogP contribution in [0.25, 0.3) is 11.1 Å². The van der Waals surface area contributed by atoms with Crippen molar-refractivity contribution < 1.29 is 14.7 Å². The smallest absolute Gasteiger partial charge is 0.253 e. The van der Waals surface area contributed by atoms with Gasteiger partial charge < -0.3 is 15.7 Å². The molecule has 0 bridgehead atoms. The Morgan fingerprint density at radius 1 is 0.941 bits per heavy atom. The molecule has 3 aromatic carbocycles. The Hall–Kier alpha value is -2.96. The van der Waals surface area contributed by atoms with Gasteiger partial charge in [-0.1, -0.05) is 81.8 Å². The van der Waals surface area contributed by atoms with E-state index in [1.54, 1.807) is 24.3 Å². The molecule has 0 fully saturated rings. The molecule has 0 aliphatic rings. The van der Waals surface area contributed by atoms with Crippen LogP contribution in [0.1, 0.15) is 56.1 Å². The summed E-state index contributed by atoms with van der Waals surface area (Å²) in [5, 5.41) is 17.0. The lowest BCUT2D eigenvalue weighted by atomic mass is 9.94. The molecular weight excluding hydrogens is 452 g/mol. The lowest BCUT2D eigenvalue weighted by Gasteiger charge is -2.29. The molecule has 34 heavy (non-hydrogen) atoms. The average Bonchev–Trinajstić information content (AvgIpc) is 3.47. The minimum atomic E-state index is -1.15. The number of halogens is 1. The average molecular weight is 483 g/mol. The number of rotatable bonds is 10. The van der Waals surface area contributed by atoms with Crippen molar-refractivity contribution in [2.24, 2.45) is 11.8 Å². The molecule has 0 aliphatic heterocycles. The molecule has 0 aromatic heterocycles. The van der Waals surface area contributed by atoms with Crippen LogP contribution in [-0.2, 0) is 4.79 Å². The highest BCUT2D eigenvalue weighted by molar-refractivity contribution is 6.33. The Balaban J connectivity index is 1.77. The summed E-state index contributed by atoms with van der Waals surface area (Å²) < 4.78 is 0. The second-order valence-electron chi connectivity index (χ2n) is 9.34. The second-order valence-corrected chi connectivity index (χ2v) is 9.75. The standard InChI is InChI=1S/C27H31ClN2O4/c1-15(2)14-20(29-26(33)18-12-8-9-13-19(18)28)27(34)30-23(16(3)4)25(32)22-21(24(22)31)17-10-6-5-7-11-17/h5-13,15-16,20,23,25,32H,14H2,1-4H3,(H,29,33)(H,30,34)/t20-,23-,25-/m0/s1. The van der Waals surface area contributed by atoms with Crippen molar-refractivity contribution in [3.63, 3.8) is 0 Å². The molecule has 0 heterocycles. The third-order valence-corrected chi connectivity index (χ3v) is 6.18. The SMILES string of the molecule is CC(C)C[C@H](NC(=O)c1ccccc1Cl)C(=O)N[C@@H](C(C)C)[C@@H](O)c1c(-c2ccccc2)c1=O. The van der Waals surface area contributed by atoms with Crippen LogP contribution in [0.5, 0.6) is 0 Å². The zero-order valence-corrected chi connectivity index (χ0v) is 20.6. The topological polar surface area (TPSA) is 95.5 Å². The normalized spacial score (nSPS) is 14.2. The quantitative estimate of drug-likeness (QED) is 0.402. The number of aliphatic hydroxyl groups is 1. The molecule has 0 radical (unpaired) electrons. The first kappa shape index (κ1) is 25.7. The molecule has 0 saturated heterocycles. The maximum atomic E-state index is 13.3. The lowest BCUT2D eigenvalue weighted by Crippen LogP contribution is -2.52. The monoisotopic (exact) mass is 482 g/mol. The lowest BCUT2D eigenvalue weighted by molar-refractivity contribution is -0.125. The third kappa shape index (κ3) is 5.93. The fraction of sp³-hybridized carbons (Fsp3) is 0.370. The maximum absolute atomic E-state index is 13.3. The van der Waals surface area contributed by atoms with Gasteiger partial charge in [-0.3, -0.25) is 14.4 Å². The van der Waals surface area contributed by atoms with Crippen LogP contribution >= 0.6 is 11.6 Å². The molecule has 0 unspecified atom stereocenters. The molecule has 0 aliphatic carbocycles. The zero-order chi connectivity index (χ0) is 25.0. The highest BCUT2D eigenvalue weighted by Crippen LogP contribution is 2.33. The Kier molecular flexibility index (Phi) is 8.28. The van der Waals surface area contributed by atoms with Crippen LogP contribution in [0.2, 0.25) is 5.02 Å². The van der Waals surface area contributed by atoms with Crippen LogP contribution in [0, 0.1) is 11.8 Å². The van der Waals surface area contributed by atoms with E-state index < -0.39 is 30.0 Å². The first-order chi connectivity index (χ1) is 16.1. The van der Waals surface area contributed by atoms with Crippen molar-refractivity contribution in [1.82, 2.24) is 10.6 Å². The molecule has 3 N–H and O–H groups in total. The number of amides is 2. The van der Waals surface area contributed by atoms with Gasteiger partial charge in [-0.05, 0) is 36.0 Å². The van der Waals surface area contributed by atoms with Gasteiger partial charge in [0.2, 0.25) is 5.91 Å². The van der Waals surface area contributed by atoms with Gasteiger partial charge in [-0.2, -0.15) is 0 Å². The Bertz CT molecular complexity index is 1150. The second kappa shape index (κ2) is 11.0. The van der Waals surface area contributed by atoms with Gasteiger partial charge >= 0.3 is 0 Å². The van der Waals surface area contributed by atoms with E-state index in [1.165, 1.54) is 0 Å². The molecule has 0 spiro atoms. The van der Waals surface area contributed by atoms with Gasteiger partial charge in [0, 0.05) is 11.1 Å². The van der Waals surface area contributed by atoms with E-state index >= 15 is 0 Å². The first-order valence-electron chi connectivity index (χ1n) is 11.5. The molecule has 180 valence electrons. The highest BCUT2D eigenvalue weighted by atomic mass is 35.5. The summed E-state index contributed by atoms with van der Waals surface area (Å²) in [6.45, 7) is 7.64. The number of hydrogen-bond donors (Lipinski definition) is 3. The predicted molar refractivity (Wildman–Crippen MR) is 134 cm³/mol. The molecular formula is C27H31ClN2O4. The van der Waals surface area contributed by atoms with E-state index in [2.05, 4.69) is 10.6 Å². The van der Waals surface area contributed by atoms with Gasteiger partial charge in [0.05, 0.1) is 16.6 Å².